The van der Waals surface area contributed by atoms with Crippen LogP contribution in [0.4, 0.5) is 0 Å². The second-order valence-corrected chi connectivity index (χ2v) is 5.66. The summed E-state index contributed by atoms with van der Waals surface area (Å²) in [5, 5.41) is 0.768. The van der Waals surface area contributed by atoms with Crippen molar-refractivity contribution in [1.29, 1.82) is 0 Å². The van der Waals surface area contributed by atoms with Crippen LogP contribution in [0, 0.1) is 0 Å². The van der Waals surface area contributed by atoms with Gasteiger partial charge in [0.05, 0.1) is 6.61 Å². The van der Waals surface area contributed by atoms with E-state index in [1.54, 1.807) is 12.1 Å². The molecular formula is C18H19NO6. The molecule has 0 N–H and O–H groups in total. The Morgan fingerprint density at radius 3 is 2.80 bits per heavy atom. The average Bonchev–Trinajstić information content (AvgIpc) is 3.21. The van der Waals surface area contributed by atoms with Crippen molar-refractivity contribution in [3.05, 3.63) is 35.6 Å². The Hall–Kier alpha value is -2.67. The van der Waals surface area contributed by atoms with E-state index in [0.29, 0.717) is 37.1 Å². The first-order chi connectivity index (χ1) is 12.1. The van der Waals surface area contributed by atoms with Gasteiger partial charge in [-0.2, -0.15) is 0 Å². The summed E-state index contributed by atoms with van der Waals surface area (Å²) in [6.45, 7) is 2.43. The quantitative estimate of drug-likeness (QED) is 0.747. The summed E-state index contributed by atoms with van der Waals surface area (Å²) in [7, 11) is 0. The topological polar surface area (TPSA) is 86.0 Å². The van der Waals surface area contributed by atoms with E-state index in [9.17, 15) is 14.4 Å². The molecule has 0 atom stereocenters. The number of benzene rings is 1. The summed E-state index contributed by atoms with van der Waals surface area (Å²) in [6, 6.07) is 7.21. The molecule has 7 nitrogen and oxygen atoms in total. The minimum atomic E-state index is -0.745. The SMILES string of the molecule is CCOCc1c(C(=O)OCC(=O)N2CCCC2=O)oc2ccccc12. The van der Waals surface area contributed by atoms with E-state index < -0.39 is 18.5 Å². The summed E-state index contributed by atoms with van der Waals surface area (Å²) in [5.74, 6) is -1.47. The molecular weight excluding hydrogens is 326 g/mol. The van der Waals surface area contributed by atoms with Crippen molar-refractivity contribution in [1.82, 2.24) is 4.90 Å². The molecule has 2 amide bonds. The Morgan fingerprint density at radius 2 is 2.08 bits per heavy atom. The molecule has 1 aromatic heterocycles. The van der Waals surface area contributed by atoms with Crippen molar-refractivity contribution in [2.75, 3.05) is 19.8 Å². The predicted octanol–water partition coefficient (Wildman–Crippen LogP) is 2.28. The van der Waals surface area contributed by atoms with Gasteiger partial charge >= 0.3 is 5.97 Å². The van der Waals surface area contributed by atoms with E-state index in [-0.39, 0.29) is 18.3 Å². The fourth-order valence-electron chi connectivity index (χ4n) is 2.79. The number of rotatable bonds is 6. The van der Waals surface area contributed by atoms with E-state index in [1.165, 1.54) is 0 Å². The number of hydrogen-bond donors (Lipinski definition) is 0. The lowest BCUT2D eigenvalue weighted by atomic mass is 10.1. The second-order valence-electron chi connectivity index (χ2n) is 5.66. The molecule has 1 fully saturated rings. The summed E-state index contributed by atoms with van der Waals surface area (Å²) < 4.78 is 16.1. The van der Waals surface area contributed by atoms with Gasteiger partial charge in [0.25, 0.3) is 5.91 Å². The van der Waals surface area contributed by atoms with Crippen molar-refractivity contribution < 1.29 is 28.3 Å². The van der Waals surface area contributed by atoms with Crippen molar-refractivity contribution >= 4 is 28.8 Å². The molecule has 0 radical (unpaired) electrons. The van der Waals surface area contributed by atoms with Crippen LogP contribution in [0.15, 0.2) is 28.7 Å². The molecule has 1 aromatic carbocycles. The third kappa shape index (κ3) is 3.56. The smallest absolute Gasteiger partial charge is 0.375 e. The number of fused-ring (bicyclic) bond motifs is 1. The fraction of sp³-hybridized carbons (Fsp3) is 0.389. The molecule has 132 valence electrons. The molecule has 0 aliphatic carbocycles. The molecule has 0 bridgehead atoms. The van der Waals surface area contributed by atoms with Crippen LogP contribution in [0.2, 0.25) is 0 Å². The Balaban J connectivity index is 1.75. The summed E-state index contributed by atoms with van der Waals surface area (Å²) >= 11 is 0. The van der Waals surface area contributed by atoms with Crippen molar-refractivity contribution in [3.8, 4) is 0 Å². The van der Waals surface area contributed by atoms with Gasteiger partial charge < -0.3 is 13.9 Å². The maximum Gasteiger partial charge on any atom is 0.375 e. The van der Waals surface area contributed by atoms with E-state index in [1.807, 2.05) is 19.1 Å². The lowest BCUT2D eigenvalue weighted by Crippen LogP contribution is -2.35. The average molecular weight is 345 g/mol. The largest absolute Gasteiger partial charge is 0.450 e. The molecule has 2 aromatic rings. The number of furan rings is 1. The van der Waals surface area contributed by atoms with Gasteiger partial charge in [-0.15, -0.1) is 0 Å². The maximum absolute atomic E-state index is 12.4. The van der Waals surface area contributed by atoms with Crippen LogP contribution in [0.5, 0.6) is 0 Å². The molecule has 0 saturated carbocycles. The van der Waals surface area contributed by atoms with Crippen molar-refractivity contribution in [2.24, 2.45) is 0 Å². The van der Waals surface area contributed by atoms with Gasteiger partial charge in [0.15, 0.2) is 6.61 Å². The molecule has 7 heteroatoms. The van der Waals surface area contributed by atoms with Gasteiger partial charge in [-0.3, -0.25) is 14.5 Å². The number of amides is 2. The number of carbonyl (C=O) groups excluding carboxylic acids is 3. The fourth-order valence-corrected chi connectivity index (χ4v) is 2.79. The Labute approximate surface area is 144 Å². The number of ether oxygens (including phenoxy) is 2. The standard InChI is InChI=1S/C18H19NO6/c1-2-23-10-13-12-6-3-4-7-14(12)25-17(13)18(22)24-11-16(21)19-9-5-8-15(19)20/h3-4,6-7H,2,5,8-11H2,1H3. The van der Waals surface area contributed by atoms with Crippen LogP contribution in [0.3, 0.4) is 0 Å². The number of para-hydroxylation sites is 1. The first-order valence-corrected chi connectivity index (χ1v) is 8.20. The van der Waals surface area contributed by atoms with Crippen LogP contribution in [-0.4, -0.2) is 42.4 Å². The van der Waals surface area contributed by atoms with Crippen LogP contribution in [-0.2, 0) is 25.7 Å². The lowest BCUT2D eigenvalue weighted by Gasteiger charge is -2.13. The maximum atomic E-state index is 12.4. The predicted molar refractivity (Wildman–Crippen MR) is 87.8 cm³/mol. The Kier molecular flexibility index (Phi) is 5.14. The van der Waals surface area contributed by atoms with E-state index >= 15 is 0 Å². The van der Waals surface area contributed by atoms with E-state index in [0.717, 1.165) is 10.3 Å². The number of likely N-dealkylation sites (tertiary alicyclic amines) is 1. The Morgan fingerprint density at radius 1 is 1.28 bits per heavy atom. The lowest BCUT2D eigenvalue weighted by molar-refractivity contribution is -0.143. The van der Waals surface area contributed by atoms with Crippen LogP contribution >= 0.6 is 0 Å². The zero-order valence-corrected chi connectivity index (χ0v) is 13.9. The van der Waals surface area contributed by atoms with Gasteiger partial charge in [0.1, 0.15) is 5.58 Å². The molecule has 1 aliphatic rings. The van der Waals surface area contributed by atoms with Crippen LogP contribution < -0.4 is 0 Å². The molecule has 0 spiro atoms. The van der Waals surface area contributed by atoms with Crippen LogP contribution in [0.1, 0.15) is 35.9 Å². The van der Waals surface area contributed by atoms with E-state index in [2.05, 4.69) is 0 Å². The van der Waals surface area contributed by atoms with Gasteiger partial charge in [-0.25, -0.2) is 4.79 Å². The highest BCUT2D eigenvalue weighted by Crippen LogP contribution is 2.27. The molecule has 0 unspecified atom stereocenters. The highest BCUT2D eigenvalue weighted by molar-refractivity contribution is 6.00. The summed E-state index contributed by atoms with van der Waals surface area (Å²) in [6.07, 6.45) is 0.988. The first kappa shape index (κ1) is 17.2. The number of esters is 1. The summed E-state index contributed by atoms with van der Waals surface area (Å²) in [5.41, 5.74) is 1.14. The normalized spacial score (nSPS) is 14.3. The van der Waals surface area contributed by atoms with Crippen LogP contribution in [0.25, 0.3) is 11.0 Å². The molecule has 2 heterocycles. The number of hydrogen-bond acceptors (Lipinski definition) is 6. The number of carbonyl (C=O) groups is 3. The minimum Gasteiger partial charge on any atom is -0.450 e. The minimum absolute atomic E-state index is 0.0233. The van der Waals surface area contributed by atoms with Gasteiger partial charge in [-0.1, -0.05) is 18.2 Å². The number of imide groups is 1. The van der Waals surface area contributed by atoms with Crippen molar-refractivity contribution in [3.63, 3.8) is 0 Å². The third-order valence-electron chi connectivity index (χ3n) is 4.04. The zero-order valence-electron chi connectivity index (χ0n) is 13.9. The highest BCUT2D eigenvalue weighted by Gasteiger charge is 2.28. The monoisotopic (exact) mass is 345 g/mol. The number of nitrogens with zero attached hydrogens (tertiary/aromatic N) is 1. The van der Waals surface area contributed by atoms with Gasteiger partial charge in [0.2, 0.25) is 11.7 Å². The zero-order chi connectivity index (χ0) is 17.8. The molecule has 1 aliphatic heterocycles. The molecule has 1 saturated heterocycles. The molecule has 25 heavy (non-hydrogen) atoms. The van der Waals surface area contributed by atoms with Crippen molar-refractivity contribution in [2.45, 2.75) is 26.4 Å². The summed E-state index contributed by atoms with van der Waals surface area (Å²) in [4.78, 5) is 37.0. The first-order valence-electron chi connectivity index (χ1n) is 8.20. The Bertz CT molecular complexity index is 809. The third-order valence-corrected chi connectivity index (χ3v) is 4.04. The van der Waals surface area contributed by atoms with Gasteiger partial charge in [0, 0.05) is 30.5 Å². The highest BCUT2D eigenvalue weighted by atomic mass is 16.5. The van der Waals surface area contributed by atoms with Gasteiger partial charge in [-0.05, 0) is 19.4 Å². The van der Waals surface area contributed by atoms with E-state index in [4.69, 9.17) is 13.9 Å². The molecule has 3 rings (SSSR count). The second kappa shape index (κ2) is 7.48.